The zero-order chi connectivity index (χ0) is 36.5. The molecule has 6 nitrogen and oxygen atoms in total. The fraction of sp³-hybridized carbons (Fsp3) is 0.310. The molecule has 7 rings (SSSR count). The van der Waals surface area contributed by atoms with E-state index in [0.29, 0.717) is 60.6 Å². The van der Waals surface area contributed by atoms with Crippen molar-refractivity contribution in [1.29, 1.82) is 0 Å². The molecule has 10 heteroatoms. The van der Waals surface area contributed by atoms with Gasteiger partial charge in [-0.3, -0.25) is 0 Å². The molecule has 4 aromatic carbocycles. The minimum Gasteiger partial charge on any atom is -0.473 e. The topological polar surface area (TPSA) is 53.1 Å². The van der Waals surface area contributed by atoms with Crippen molar-refractivity contribution in [2.24, 2.45) is 0 Å². The Hall–Kier alpha value is -4.80. The molecule has 0 amide bonds. The average molecular weight is 707 g/mol. The van der Waals surface area contributed by atoms with E-state index in [0.717, 1.165) is 11.1 Å². The Labute approximate surface area is 303 Å². The molecule has 1 aromatic heterocycles. The highest BCUT2D eigenvalue weighted by molar-refractivity contribution is 6.62. The van der Waals surface area contributed by atoms with Crippen LogP contribution in [0.4, 0.5) is 18.9 Å². The zero-order valence-electron chi connectivity index (χ0n) is 29.9. The molecule has 52 heavy (non-hydrogen) atoms. The van der Waals surface area contributed by atoms with Gasteiger partial charge < -0.3 is 23.7 Å². The standard InChI is InChI=1S/C42H42BF3N2O4/c1-41(2)42(3,4)52-43(51-41)32-15-16-33(35(44)25-32)30-19-21-48(22-20-30)39-36(45)23-31(24-37(39)46)34-17-18-38(49-26-28-11-7-5-8-12-28)47-40(34)50-27-29-13-9-6-10-14-29/h5-18,23-25,30H,19-22,26-27H2,1-4H3. The van der Waals surface area contributed by atoms with Crippen LogP contribution in [0.1, 0.15) is 63.1 Å². The lowest BCUT2D eigenvalue weighted by atomic mass is 9.77. The molecule has 0 N–H and O–H groups in total. The van der Waals surface area contributed by atoms with Crippen molar-refractivity contribution in [2.45, 2.75) is 70.9 Å². The molecule has 0 radical (unpaired) electrons. The molecule has 2 saturated heterocycles. The summed E-state index contributed by atoms with van der Waals surface area (Å²) in [5.74, 6) is -1.27. The van der Waals surface area contributed by atoms with Gasteiger partial charge in [-0.25, -0.2) is 13.2 Å². The minimum atomic E-state index is -0.690. The summed E-state index contributed by atoms with van der Waals surface area (Å²) in [5, 5.41) is 0. The van der Waals surface area contributed by atoms with Crippen LogP contribution >= 0.6 is 0 Å². The van der Waals surface area contributed by atoms with Crippen LogP contribution in [-0.2, 0) is 22.5 Å². The molecule has 5 aromatic rings. The van der Waals surface area contributed by atoms with E-state index in [9.17, 15) is 0 Å². The van der Waals surface area contributed by atoms with E-state index < -0.39 is 30.0 Å². The first-order valence-electron chi connectivity index (χ1n) is 17.7. The van der Waals surface area contributed by atoms with Crippen molar-refractivity contribution < 1.29 is 32.0 Å². The Morgan fingerprint density at radius 2 is 1.29 bits per heavy atom. The van der Waals surface area contributed by atoms with Crippen LogP contribution in [0.2, 0.25) is 0 Å². The summed E-state index contributed by atoms with van der Waals surface area (Å²) in [7, 11) is -0.655. The van der Waals surface area contributed by atoms with Gasteiger partial charge in [0.25, 0.3) is 0 Å². The van der Waals surface area contributed by atoms with Crippen LogP contribution in [0.5, 0.6) is 11.8 Å². The zero-order valence-corrected chi connectivity index (χ0v) is 29.9. The third-order valence-corrected chi connectivity index (χ3v) is 10.4. The fourth-order valence-corrected chi connectivity index (χ4v) is 6.73. The summed E-state index contributed by atoms with van der Waals surface area (Å²) < 4.78 is 71.5. The number of ether oxygens (including phenoxy) is 2. The predicted octanol–water partition coefficient (Wildman–Crippen LogP) is 9.01. The number of rotatable bonds is 10. The van der Waals surface area contributed by atoms with Crippen LogP contribution in [0, 0.1) is 17.5 Å². The van der Waals surface area contributed by atoms with Crippen LogP contribution < -0.4 is 19.8 Å². The van der Waals surface area contributed by atoms with Crippen LogP contribution in [0.15, 0.2) is 103 Å². The van der Waals surface area contributed by atoms with Gasteiger partial charge in [0.2, 0.25) is 11.8 Å². The molecule has 0 spiro atoms. The lowest BCUT2D eigenvalue weighted by Crippen LogP contribution is -2.41. The SMILES string of the molecule is CC1(C)OB(c2ccc(C3CCN(c4c(F)cc(-c5ccc(OCc6ccccc6)nc5OCc5ccccc5)cc4F)CC3)c(F)c2)OC1(C)C. The first kappa shape index (κ1) is 35.6. The second-order valence-electron chi connectivity index (χ2n) is 14.5. The maximum absolute atomic E-state index is 15.9. The monoisotopic (exact) mass is 706 g/mol. The van der Waals surface area contributed by atoms with E-state index in [1.165, 1.54) is 18.2 Å². The molecule has 0 bridgehead atoms. The summed E-state index contributed by atoms with van der Waals surface area (Å²) in [6.07, 6.45) is 1.08. The highest BCUT2D eigenvalue weighted by Crippen LogP contribution is 2.39. The summed E-state index contributed by atoms with van der Waals surface area (Å²) in [4.78, 5) is 6.29. The van der Waals surface area contributed by atoms with Gasteiger partial charge in [0.05, 0.1) is 11.2 Å². The summed E-state index contributed by atoms with van der Waals surface area (Å²) in [6.45, 7) is 9.10. The van der Waals surface area contributed by atoms with E-state index in [1.54, 1.807) is 23.1 Å². The van der Waals surface area contributed by atoms with Gasteiger partial charge in [-0.1, -0.05) is 72.8 Å². The third kappa shape index (κ3) is 7.54. The number of hydrogen-bond donors (Lipinski definition) is 0. The Kier molecular flexibility index (Phi) is 10.0. The fourth-order valence-electron chi connectivity index (χ4n) is 6.73. The molecule has 2 aliphatic heterocycles. The lowest BCUT2D eigenvalue weighted by molar-refractivity contribution is 0.00578. The summed E-state index contributed by atoms with van der Waals surface area (Å²) >= 11 is 0. The highest BCUT2D eigenvalue weighted by Gasteiger charge is 2.51. The van der Waals surface area contributed by atoms with Gasteiger partial charge in [-0.05, 0) is 98.4 Å². The molecule has 0 unspecified atom stereocenters. The molecule has 3 heterocycles. The van der Waals surface area contributed by atoms with Crippen LogP contribution in [0.25, 0.3) is 11.1 Å². The van der Waals surface area contributed by atoms with Crippen LogP contribution in [0.3, 0.4) is 0 Å². The van der Waals surface area contributed by atoms with E-state index in [2.05, 4.69) is 4.98 Å². The minimum absolute atomic E-state index is 0.0907. The third-order valence-electron chi connectivity index (χ3n) is 10.4. The van der Waals surface area contributed by atoms with E-state index in [1.807, 2.05) is 94.4 Å². The Balaban J connectivity index is 1.06. The number of nitrogens with zero attached hydrogens (tertiary/aromatic N) is 2. The van der Waals surface area contributed by atoms with E-state index in [4.69, 9.17) is 18.8 Å². The van der Waals surface area contributed by atoms with Crippen molar-refractivity contribution in [3.8, 4) is 22.9 Å². The van der Waals surface area contributed by atoms with E-state index >= 15 is 13.2 Å². The predicted molar refractivity (Wildman–Crippen MR) is 197 cm³/mol. The second-order valence-corrected chi connectivity index (χ2v) is 14.5. The number of anilines is 1. The van der Waals surface area contributed by atoms with Crippen molar-refractivity contribution in [2.75, 3.05) is 18.0 Å². The molecule has 268 valence electrons. The van der Waals surface area contributed by atoms with Gasteiger partial charge in [-0.15, -0.1) is 0 Å². The quantitative estimate of drug-likeness (QED) is 0.135. The van der Waals surface area contributed by atoms with Crippen molar-refractivity contribution >= 4 is 18.3 Å². The number of benzene rings is 4. The Morgan fingerprint density at radius 3 is 1.87 bits per heavy atom. The van der Waals surface area contributed by atoms with Crippen molar-refractivity contribution in [1.82, 2.24) is 4.98 Å². The van der Waals surface area contributed by atoms with Gasteiger partial charge in [0, 0.05) is 24.7 Å². The smallest absolute Gasteiger partial charge is 0.473 e. The van der Waals surface area contributed by atoms with Crippen molar-refractivity contribution in [3.63, 3.8) is 0 Å². The molecule has 0 atom stereocenters. The van der Waals surface area contributed by atoms with Gasteiger partial charge in [-0.2, -0.15) is 4.98 Å². The summed E-state index contributed by atoms with van der Waals surface area (Å²) in [5.41, 5.74) is 2.69. The summed E-state index contributed by atoms with van der Waals surface area (Å²) in [6, 6.07) is 30.4. The molecule has 2 aliphatic rings. The van der Waals surface area contributed by atoms with Gasteiger partial charge in [0.1, 0.15) is 36.4 Å². The highest BCUT2D eigenvalue weighted by atomic mass is 19.1. The van der Waals surface area contributed by atoms with Gasteiger partial charge in [0.15, 0.2) is 0 Å². The molecule has 0 aliphatic carbocycles. The maximum atomic E-state index is 15.9. The van der Waals surface area contributed by atoms with E-state index in [-0.39, 0.29) is 29.9 Å². The number of pyridine rings is 1. The molecular weight excluding hydrogens is 664 g/mol. The maximum Gasteiger partial charge on any atom is 0.494 e. The number of aromatic nitrogens is 1. The Bertz CT molecular complexity index is 1980. The number of hydrogen-bond acceptors (Lipinski definition) is 6. The largest absolute Gasteiger partial charge is 0.494 e. The first-order valence-corrected chi connectivity index (χ1v) is 17.7. The molecular formula is C42H42BF3N2O4. The number of halogens is 3. The molecule has 2 fully saturated rings. The Morgan fingerprint density at radius 1 is 0.712 bits per heavy atom. The average Bonchev–Trinajstić information content (AvgIpc) is 3.36. The first-order chi connectivity index (χ1) is 25.0. The van der Waals surface area contributed by atoms with Crippen molar-refractivity contribution in [3.05, 3.63) is 137 Å². The normalized spacial score (nSPS) is 17.0. The molecule has 0 saturated carbocycles. The van der Waals surface area contributed by atoms with Gasteiger partial charge >= 0.3 is 7.12 Å². The second kappa shape index (κ2) is 14.7. The van der Waals surface area contributed by atoms with Crippen LogP contribution in [-0.4, -0.2) is 36.4 Å². The lowest BCUT2D eigenvalue weighted by Gasteiger charge is -2.34. The number of piperidine rings is 1.